The topological polar surface area (TPSA) is 51.2 Å². The highest BCUT2D eigenvalue weighted by molar-refractivity contribution is 7.22. The third kappa shape index (κ3) is 5.15. The van der Waals surface area contributed by atoms with Crippen molar-refractivity contribution in [3.8, 4) is 9.88 Å². The van der Waals surface area contributed by atoms with Crippen molar-refractivity contribution in [1.82, 2.24) is 4.98 Å². The second-order valence-corrected chi connectivity index (χ2v) is 7.69. The average Bonchev–Trinajstić information content (AvgIpc) is 3.33. The van der Waals surface area contributed by atoms with E-state index in [1.807, 2.05) is 17.5 Å². The summed E-state index contributed by atoms with van der Waals surface area (Å²) in [6.45, 7) is -1.66. The highest BCUT2D eigenvalue weighted by atomic mass is 32.1. The minimum atomic E-state index is -4.20. The molecule has 0 aliphatic carbocycles. The molecule has 1 aromatic carbocycles. The molecule has 10 heteroatoms. The van der Waals surface area contributed by atoms with Crippen LogP contribution >= 0.6 is 22.7 Å². The number of aromatic nitrogens is 1. The molecule has 0 saturated carbocycles. The first kappa shape index (κ1) is 20.4. The Morgan fingerprint density at radius 3 is 2.79 bits per heavy atom. The monoisotopic (exact) mass is 430 g/mol. The number of thiophene rings is 1. The highest BCUT2D eigenvalue weighted by Gasteiger charge is 2.40. The van der Waals surface area contributed by atoms with Crippen LogP contribution in [0.4, 0.5) is 23.2 Å². The van der Waals surface area contributed by atoms with Crippen molar-refractivity contribution in [2.45, 2.75) is 19.0 Å². The zero-order chi connectivity index (χ0) is 20.1. The molecule has 4 nitrogen and oxygen atoms in total. The molecule has 0 fully saturated rings. The van der Waals surface area contributed by atoms with E-state index in [2.05, 4.69) is 15.0 Å². The van der Waals surface area contributed by atoms with Gasteiger partial charge in [0, 0.05) is 5.69 Å². The molecule has 2 aromatic heterocycles. The second kappa shape index (κ2) is 8.80. The zero-order valence-electron chi connectivity index (χ0n) is 14.2. The molecule has 0 atom stereocenters. The summed E-state index contributed by atoms with van der Waals surface area (Å²) in [5, 5.41) is 5.35. The lowest BCUT2D eigenvalue weighted by atomic mass is 10.2. The smallest absolute Gasteiger partial charge is 0.330 e. The van der Waals surface area contributed by atoms with Gasteiger partial charge in [0.1, 0.15) is 16.5 Å². The molecule has 0 aliphatic heterocycles. The van der Waals surface area contributed by atoms with Crippen LogP contribution in [0.25, 0.3) is 9.88 Å². The van der Waals surface area contributed by atoms with Crippen LogP contribution in [0.5, 0.6) is 0 Å². The maximum absolute atomic E-state index is 12.9. The lowest BCUT2D eigenvalue weighted by Crippen LogP contribution is -2.32. The summed E-state index contributed by atoms with van der Waals surface area (Å²) in [5.74, 6) is -4.55. The maximum atomic E-state index is 12.9. The van der Waals surface area contributed by atoms with E-state index in [1.165, 1.54) is 34.9 Å². The van der Waals surface area contributed by atoms with Crippen LogP contribution in [0.3, 0.4) is 0 Å². The minimum Gasteiger partial charge on any atom is -0.370 e. The van der Waals surface area contributed by atoms with Crippen molar-refractivity contribution in [3.05, 3.63) is 58.4 Å². The largest absolute Gasteiger partial charge is 0.370 e. The molecule has 3 rings (SSSR count). The number of hydrogen-bond donors (Lipinski definition) is 1. The third-order valence-corrected chi connectivity index (χ3v) is 5.56. The van der Waals surface area contributed by atoms with E-state index in [0.29, 0.717) is 16.1 Å². The summed E-state index contributed by atoms with van der Waals surface area (Å²) >= 11 is 2.77. The number of anilines is 1. The molecule has 28 heavy (non-hydrogen) atoms. The fraction of sp³-hybridized carbons (Fsp3) is 0.222. The molecular weight excluding hydrogens is 416 g/mol. The standard InChI is InChI=1S/C18H14F4N2O2S2/c19-17(20)18(21,22)10-26-9-11-3-1-4-12(7-11)24-15(25)14-8-23-16(28-14)13-5-2-6-27-13/h1-8,17H,9-10H2,(H,24,25). The Balaban J connectivity index is 1.59. The van der Waals surface area contributed by atoms with Crippen LogP contribution in [-0.2, 0) is 11.3 Å². The summed E-state index contributed by atoms with van der Waals surface area (Å²) in [7, 11) is 0. The molecule has 3 aromatic rings. The maximum Gasteiger partial charge on any atom is 0.330 e. The highest BCUT2D eigenvalue weighted by Crippen LogP contribution is 2.29. The van der Waals surface area contributed by atoms with Crippen LogP contribution in [0.1, 0.15) is 15.2 Å². The zero-order valence-corrected chi connectivity index (χ0v) is 15.8. The van der Waals surface area contributed by atoms with Gasteiger partial charge in [-0.1, -0.05) is 18.2 Å². The van der Waals surface area contributed by atoms with Gasteiger partial charge in [-0.2, -0.15) is 8.78 Å². The number of amides is 1. The molecule has 2 heterocycles. The Hall–Kier alpha value is -2.30. The van der Waals surface area contributed by atoms with Gasteiger partial charge in [-0.05, 0) is 29.1 Å². The quantitative estimate of drug-likeness (QED) is 0.478. The van der Waals surface area contributed by atoms with Crippen LogP contribution < -0.4 is 5.32 Å². The van der Waals surface area contributed by atoms with Gasteiger partial charge in [-0.15, -0.1) is 22.7 Å². The summed E-state index contributed by atoms with van der Waals surface area (Å²) < 4.78 is 54.6. The van der Waals surface area contributed by atoms with Crippen molar-refractivity contribution >= 4 is 34.3 Å². The molecule has 1 N–H and O–H groups in total. The number of nitrogens with zero attached hydrogens (tertiary/aromatic N) is 1. The van der Waals surface area contributed by atoms with Crippen molar-refractivity contribution in [2.75, 3.05) is 11.9 Å². The van der Waals surface area contributed by atoms with Gasteiger partial charge < -0.3 is 10.1 Å². The molecule has 0 spiro atoms. The number of alkyl halides is 4. The molecule has 148 valence electrons. The van der Waals surface area contributed by atoms with Gasteiger partial charge >= 0.3 is 12.3 Å². The van der Waals surface area contributed by atoms with Crippen molar-refractivity contribution in [2.24, 2.45) is 0 Å². The number of rotatable bonds is 8. The Morgan fingerprint density at radius 2 is 2.07 bits per heavy atom. The third-order valence-electron chi connectivity index (χ3n) is 3.53. The number of hydrogen-bond acceptors (Lipinski definition) is 5. The van der Waals surface area contributed by atoms with E-state index >= 15 is 0 Å². The van der Waals surface area contributed by atoms with Gasteiger partial charge in [0.25, 0.3) is 5.91 Å². The minimum absolute atomic E-state index is 0.283. The Bertz CT molecular complexity index is 929. The summed E-state index contributed by atoms with van der Waals surface area (Å²) in [6, 6.07) is 10.1. The average molecular weight is 430 g/mol. The molecular formula is C18H14F4N2O2S2. The lowest BCUT2D eigenvalue weighted by molar-refractivity contribution is -0.168. The first-order valence-electron chi connectivity index (χ1n) is 7.99. The van der Waals surface area contributed by atoms with Gasteiger partial charge in [-0.3, -0.25) is 4.79 Å². The molecule has 0 radical (unpaired) electrons. The molecule has 0 aliphatic rings. The summed E-state index contributed by atoms with van der Waals surface area (Å²) in [5.41, 5.74) is 0.893. The Labute approximate surface area is 165 Å². The fourth-order valence-electron chi connectivity index (χ4n) is 2.19. The first-order valence-corrected chi connectivity index (χ1v) is 9.68. The van der Waals surface area contributed by atoms with Crippen molar-refractivity contribution < 1.29 is 27.1 Å². The van der Waals surface area contributed by atoms with Crippen molar-refractivity contribution in [1.29, 1.82) is 0 Å². The predicted octanol–water partition coefficient (Wildman–Crippen LogP) is 5.54. The Kier molecular flexibility index (Phi) is 6.42. The number of nitrogens with one attached hydrogen (secondary N) is 1. The van der Waals surface area contributed by atoms with E-state index in [-0.39, 0.29) is 12.5 Å². The van der Waals surface area contributed by atoms with Gasteiger partial charge in [0.2, 0.25) is 0 Å². The summed E-state index contributed by atoms with van der Waals surface area (Å²) in [6.07, 6.45) is -2.30. The van der Waals surface area contributed by atoms with Gasteiger partial charge in [0.05, 0.1) is 17.7 Å². The molecule has 0 saturated heterocycles. The number of thiazole rings is 1. The van der Waals surface area contributed by atoms with E-state index in [1.54, 1.807) is 18.2 Å². The van der Waals surface area contributed by atoms with E-state index in [4.69, 9.17) is 0 Å². The SMILES string of the molecule is O=C(Nc1cccc(COCC(F)(F)C(F)F)c1)c1cnc(-c2cccs2)s1. The fourth-order valence-corrected chi connectivity index (χ4v) is 3.81. The number of benzene rings is 1. The number of carbonyl (C=O) groups is 1. The van der Waals surface area contributed by atoms with E-state index < -0.39 is 19.0 Å². The van der Waals surface area contributed by atoms with Crippen LogP contribution in [0.15, 0.2) is 48.0 Å². The molecule has 0 unspecified atom stereocenters. The second-order valence-electron chi connectivity index (χ2n) is 5.72. The van der Waals surface area contributed by atoms with Gasteiger partial charge in [0.15, 0.2) is 0 Å². The van der Waals surface area contributed by atoms with Crippen LogP contribution in [-0.4, -0.2) is 29.8 Å². The number of halogens is 4. The van der Waals surface area contributed by atoms with E-state index in [9.17, 15) is 22.4 Å². The summed E-state index contributed by atoms with van der Waals surface area (Å²) in [4.78, 5) is 18.0. The lowest BCUT2D eigenvalue weighted by Gasteiger charge is -2.15. The number of ether oxygens (including phenoxy) is 1. The molecule has 0 bridgehead atoms. The van der Waals surface area contributed by atoms with Crippen LogP contribution in [0.2, 0.25) is 0 Å². The van der Waals surface area contributed by atoms with Crippen LogP contribution in [0, 0.1) is 0 Å². The van der Waals surface area contributed by atoms with E-state index in [0.717, 1.165) is 9.88 Å². The predicted molar refractivity (Wildman–Crippen MR) is 100 cm³/mol. The first-order chi connectivity index (χ1) is 13.3. The number of carbonyl (C=O) groups excluding carboxylic acids is 1. The Morgan fingerprint density at radius 1 is 1.25 bits per heavy atom. The van der Waals surface area contributed by atoms with Crippen molar-refractivity contribution in [3.63, 3.8) is 0 Å². The molecule has 1 amide bonds. The normalized spacial score (nSPS) is 11.8. The van der Waals surface area contributed by atoms with Gasteiger partial charge in [-0.25, -0.2) is 13.8 Å².